The second kappa shape index (κ2) is 4.35. The molecule has 0 radical (unpaired) electrons. The molecule has 1 aliphatic rings. The maximum Gasteiger partial charge on any atom is 0.175 e. The molecule has 0 aromatic carbocycles. The molecule has 6 nitrogen and oxygen atoms in total. The Labute approximate surface area is 121 Å². The van der Waals surface area contributed by atoms with Crippen molar-refractivity contribution in [2.75, 3.05) is 11.4 Å². The highest BCUT2D eigenvalue weighted by Gasteiger charge is 2.27. The molecule has 0 saturated heterocycles. The van der Waals surface area contributed by atoms with Crippen molar-refractivity contribution in [3.05, 3.63) is 47.2 Å². The van der Waals surface area contributed by atoms with Gasteiger partial charge in [-0.25, -0.2) is 4.98 Å². The van der Waals surface area contributed by atoms with E-state index in [-0.39, 0.29) is 0 Å². The quantitative estimate of drug-likeness (QED) is 0.718. The number of aromatic nitrogens is 3. The van der Waals surface area contributed by atoms with Crippen LogP contribution in [0.3, 0.4) is 0 Å². The van der Waals surface area contributed by atoms with Gasteiger partial charge in [-0.05, 0) is 25.5 Å². The number of aryl methyl sites for hydroxylation is 1. The van der Waals surface area contributed by atoms with Crippen LogP contribution in [0.2, 0.25) is 0 Å². The van der Waals surface area contributed by atoms with Gasteiger partial charge in [0.2, 0.25) is 0 Å². The fraction of sp³-hybridized carbons (Fsp3) is 0.267. The summed E-state index contributed by atoms with van der Waals surface area (Å²) in [6.07, 6.45) is 4.19. The van der Waals surface area contributed by atoms with Crippen molar-refractivity contribution in [3.8, 4) is 6.07 Å². The highest BCUT2D eigenvalue weighted by atomic mass is 16.3. The number of hydrogen-bond acceptors (Lipinski definition) is 5. The van der Waals surface area contributed by atoms with E-state index < -0.39 is 0 Å². The first-order chi connectivity index (χ1) is 10.3. The van der Waals surface area contributed by atoms with E-state index in [1.165, 1.54) is 5.56 Å². The van der Waals surface area contributed by atoms with Gasteiger partial charge >= 0.3 is 0 Å². The van der Waals surface area contributed by atoms with E-state index in [9.17, 15) is 0 Å². The minimum absolute atomic E-state index is 0.505. The van der Waals surface area contributed by atoms with Crippen molar-refractivity contribution in [2.45, 2.75) is 19.9 Å². The van der Waals surface area contributed by atoms with Crippen LogP contribution in [-0.4, -0.2) is 21.1 Å². The average Bonchev–Trinajstić information content (AvgIpc) is 3.19. The first-order valence-corrected chi connectivity index (χ1v) is 6.82. The number of rotatable bonds is 2. The summed E-state index contributed by atoms with van der Waals surface area (Å²) in [4.78, 5) is 6.76. The molecule has 1 aliphatic heterocycles. The third-order valence-corrected chi connectivity index (χ3v) is 3.90. The zero-order valence-electron chi connectivity index (χ0n) is 11.6. The molecule has 0 saturated carbocycles. The Balaban J connectivity index is 1.88. The minimum Gasteiger partial charge on any atom is -0.467 e. The predicted octanol–water partition coefficient (Wildman–Crippen LogP) is 2.07. The van der Waals surface area contributed by atoms with Gasteiger partial charge in [-0.1, -0.05) is 0 Å². The molecular weight excluding hydrogens is 266 g/mol. The third-order valence-electron chi connectivity index (χ3n) is 3.90. The minimum atomic E-state index is 0.505. The summed E-state index contributed by atoms with van der Waals surface area (Å²) in [5.41, 5.74) is 3.30. The van der Waals surface area contributed by atoms with E-state index >= 15 is 0 Å². The molecule has 3 aromatic rings. The van der Waals surface area contributed by atoms with Crippen LogP contribution < -0.4 is 4.90 Å². The summed E-state index contributed by atoms with van der Waals surface area (Å²) in [6, 6.07) is 6.00. The van der Waals surface area contributed by atoms with Crippen LogP contribution in [-0.2, 0) is 13.0 Å². The summed E-state index contributed by atoms with van der Waals surface area (Å²) in [5, 5.41) is 13.5. The Kier molecular flexibility index (Phi) is 2.48. The number of nitrogens with zero attached hydrogens (tertiary/aromatic N) is 5. The molecule has 0 aliphatic carbocycles. The van der Waals surface area contributed by atoms with Crippen LogP contribution >= 0.6 is 0 Å². The fourth-order valence-corrected chi connectivity index (χ4v) is 2.91. The van der Waals surface area contributed by atoms with E-state index in [0.717, 1.165) is 30.2 Å². The van der Waals surface area contributed by atoms with Gasteiger partial charge in [0.15, 0.2) is 5.65 Å². The maximum absolute atomic E-state index is 9.17. The van der Waals surface area contributed by atoms with Crippen molar-refractivity contribution in [3.63, 3.8) is 0 Å². The van der Waals surface area contributed by atoms with Crippen LogP contribution in [0.4, 0.5) is 5.82 Å². The molecule has 0 bridgehead atoms. The first-order valence-electron chi connectivity index (χ1n) is 6.82. The van der Waals surface area contributed by atoms with E-state index in [1.807, 2.05) is 19.1 Å². The number of furan rings is 1. The maximum atomic E-state index is 9.17. The molecule has 4 rings (SSSR count). The van der Waals surface area contributed by atoms with E-state index in [1.54, 1.807) is 17.0 Å². The predicted molar refractivity (Wildman–Crippen MR) is 75.9 cm³/mol. The molecule has 6 heteroatoms. The van der Waals surface area contributed by atoms with Gasteiger partial charge < -0.3 is 9.32 Å². The summed E-state index contributed by atoms with van der Waals surface area (Å²) in [7, 11) is 0. The molecule has 4 heterocycles. The highest BCUT2D eigenvalue weighted by molar-refractivity contribution is 5.64. The smallest absolute Gasteiger partial charge is 0.175 e. The van der Waals surface area contributed by atoms with Gasteiger partial charge in [0.25, 0.3) is 0 Å². The Morgan fingerprint density at radius 1 is 1.48 bits per heavy atom. The van der Waals surface area contributed by atoms with Crippen LogP contribution in [0, 0.1) is 18.3 Å². The van der Waals surface area contributed by atoms with Crippen LogP contribution in [0.25, 0.3) is 5.65 Å². The summed E-state index contributed by atoms with van der Waals surface area (Å²) < 4.78 is 7.21. The second-order valence-electron chi connectivity index (χ2n) is 5.16. The molecule has 0 spiro atoms. The van der Waals surface area contributed by atoms with Crippen molar-refractivity contribution in [1.82, 2.24) is 14.6 Å². The van der Waals surface area contributed by atoms with Crippen molar-refractivity contribution < 1.29 is 4.42 Å². The summed E-state index contributed by atoms with van der Waals surface area (Å²) in [5.74, 6) is 1.94. The lowest BCUT2D eigenvalue weighted by Gasteiger charge is -2.18. The largest absolute Gasteiger partial charge is 0.467 e. The molecule has 0 fully saturated rings. The Bertz CT molecular complexity index is 856. The van der Waals surface area contributed by atoms with Crippen molar-refractivity contribution >= 4 is 11.5 Å². The van der Waals surface area contributed by atoms with Crippen molar-refractivity contribution in [1.29, 1.82) is 5.26 Å². The number of hydrogen-bond donors (Lipinski definition) is 0. The Morgan fingerprint density at radius 3 is 3.14 bits per heavy atom. The van der Waals surface area contributed by atoms with E-state index in [4.69, 9.17) is 9.68 Å². The fourth-order valence-electron chi connectivity index (χ4n) is 2.91. The Hall–Kier alpha value is -2.81. The summed E-state index contributed by atoms with van der Waals surface area (Å²) >= 11 is 0. The molecule has 0 N–H and O–H groups in total. The number of fused-ring (bicyclic) bond motifs is 3. The molecule has 0 amide bonds. The zero-order chi connectivity index (χ0) is 14.4. The first kappa shape index (κ1) is 12.0. The van der Waals surface area contributed by atoms with Crippen molar-refractivity contribution in [2.24, 2.45) is 0 Å². The van der Waals surface area contributed by atoms with Gasteiger partial charge in [0, 0.05) is 17.8 Å². The molecular formula is C15H13N5O. The number of anilines is 1. The van der Waals surface area contributed by atoms with Gasteiger partial charge in [0.1, 0.15) is 23.2 Å². The van der Waals surface area contributed by atoms with E-state index in [2.05, 4.69) is 21.1 Å². The molecule has 0 unspecified atom stereocenters. The lowest BCUT2D eigenvalue weighted by molar-refractivity contribution is 0.503. The second-order valence-corrected chi connectivity index (χ2v) is 5.16. The lowest BCUT2D eigenvalue weighted by atomic mass is 10.2. The van der Waals surface area contributed by atoms with Gasteiger partial charge in [-0.3, -0.25) is 0 Å². The monoisotopic (exact) mass is 279 g/mol. The SMILES string of the molecule is Cc1nc2c(C#N)cnn2c2c1CCN2Cc1ccco1. The lowest BCUT2D eigenvalue weighted by Crippen LogP contribution is -2.21. The van der Waals surface area contributed by atoms with E-state index in [0.29, 0.717) is 17.8 Å². The van der Waals surface area contributed by atoms with Gasteiger partial charge in [-0.2, -0.15) is 14.9 Å². The molecule has 3 aromatic heterocycles. The zero-order valence-corrected chi connectivity index (χ0v) is 11.6. The number of nitriles is 1. The standard InChI is InChI=1S/C15H13N5O/c1-10-13-4-5-19(9-12-3-2-6-21-12)15(13)20-14(18-10)11(7-16)8-17-20/h2-3,6,8H,4-5,9H2,1H3. The van der Waals surface area contributed by atoms with Crippen LogP contribution in [0.5, 0.6) is 0 Å². The molecule has 104 valence electrons. The topological polar surface area (TPSA) is 70.4 Å². The van der Waals surface area contributed by atoms with Gasteiger partial charge in [-0.15, -0.1) is 0 Å². The summed E-state index contributed by atoms with van der Waals surface area (Å²) in [6.45, 7) is 3.59. The van der Waals surface area contributed by atoms with Crippen LogP contribution in [0.15, 0.2) is 29.0 Å². The highest BCUT2D eigenvalue weighted by Crippen LogP contribution is 2.32. The third kappa shape index (κ3) is 1.71. The normalized spacial score (nSPS) is 13.6. The van der Waals surface area contributed by atoms with Gasteiger partial charge in [0.05, 0.1) is 19.0 Å². The average molecular weight is 279 g/mol. The van der Waals surface area contributed by atoms with Crippen LogP contribution in [0.1, 0.15) is 22.6 Å². The Morgan fingerprint density at radius 2 is 2.38 bits per heavy atom. The molecule has 21 heavy (non-hydrogen) atoms. The molecule has 0 atom stereocenters.